The summed E-state index contributed by atoms with van der Waals surface area (Å²) in [5, 5.41) is 0. The largest absolute Gasteiger partial charge is 0.472 e. The number of carbonyl (C=O) groups is 2. The molecular formula is C12H24NO8P. The first-order valence-electron chi connectivity index (χ1n) is 7.01. The molecule has 130 valence electrons. The van der Waals surface area contributed by atoms with E-state index in [-0.39, 0.29) is 32.6 Å². The highest BCUT2D eigenvalue weighted by atomic mass is 31.2. The van der Waals surface area contributed by atoms with E-state index in [0.717, 1.165) is 0 Å². The monoisotopic (exact) mass is 341 g/mol. The minimum Gasteiger partial charge on any atom is -0.462 e. The van der Waals surface area contributed by atoms with Crippen molar-refractivity contribution in [3.05, 3.63) is 0 Å². The van der Waals surface area contributed by atoms with Crippen LogP contribution in [0.5, 0.6) is 0 Å². The molecule has 0 saturated heterocycles. The van der Waals surface area contributed by atoms with Gasteiger partial charge in [0.25, 0.3) is 0 Å². The van der Waals surface area contributed by atoms with E-state index >= 15 is 0 Å². The first kappa shape index (κ1) is 21.0. The van der Waals surface area contributed by atoms with Crippen molar-refractivity contribution in [2.75, 3.05) is 26.4 Å². The van der Waals surface area contributed by atoms with Gasteiger partial charge in [-0.1, -0.05) is 13.8 Å². The van der Waals surface area contributed by atoms with Crippen molar-refractivity contribution >= 4 is 19.8 Å². The van der Waals surface area contributed by atoms with Gasteiger partial charge in [0, 0.05) is 19.4 Å². The van der Waals surface area contributed by atoms with Crippen LogP contribution >= 0.6 is 7.82 Å². The lowest BCUT2D eigenvalue weighted by molar-refractivity contribution is -0.161. The molecule has 1 unspecified atom stereocenters. The van der Waals surface area contributed by atoms with Crippen molar-refractivity contribution in [3.63, 3.8) is 0 Å². The van der Waals surface area contributed by atoms with Gasteiger partial charge in [0.15, 0.2) is 6.10 Å². The molecule has 0 radical (unpaired) electrons. The normalized spacial score (nSPS) is 14.9. The molecule has 2 atom stereocenters. The summed E-state index contributed by atoms with van der Waals surface area (Å²) in [4.78, 5) is 32.0. The summed E-state index contributed by atoms with van der Waals surface area (Å²) in [6.45, 7) is 2.60. The average molecular weight is 341 g/mol. The lowest BCUT2D eigenvalue weighted by Crippen LogP contribution is -2.29. The fourth-order valence-corrected chi connectivity index (χ4v) is 2.00. The summed E-state index contributed by atoms with van der Waals surface area (Å²) in [7, 11) is -4.29. The van der Waals surface area contributed by atoms with Gasteiger partial charge >= 0.3 is 19.8 Å². The Balaban J connectivity index is 4.46. The van der Waals surface area contributed by atoms with Crippen LogP contribution in [0.2, 0.25) is 0 Å². The molecule has 10 heteroatoms. The van der Waals surface area contributed by atoms with Crippen molar-refractivity contribution in [2.45, 2.75) is 39.2 Å². The zero-order valence-corrected chi connectivity index (χ0v) is 13.8. The predicted octanol–water partition coefficient (Wildman–Crippen LogP) is 0.744. The van der Waals surface area contributed by atoms with Gasteiger partial charge in [-0.3, -0.25) is 18.6 Å². The van der Waals surface area contributed by atoms with Crippen LogP contribution in [0.15, 0.2) is 0 Å². The van der Waals surface area contributed by atoms with Crippen LogP contribution < -0.4 is 5.73 Å². The number of ether oxygens (including phenoxy) is 2. The predicted molar refractivity (Wildman–Crippen MR) is 76.8 cm³/mol. The van der Waals surface area contributed by atoms with Crippen LogP contribution in [0, 0.1) is 0 Å². The SMILES string of the molecule is CCCC(=O)O[C@@H](COC(=O)CC)COP(=O)(O)OCCN. The van der Waals surface area contributed by atoms with Gasteiger partial charge in [-0.2, -0.15) is 0 Å². The summed E-state index contributed by atoms with van der Waals surface area (Å²) < 4.78 is 30.6. The quantitative estimate of drug-likeness (QED) is 0.389. The molecule has 0 aromatic carbocycles. The second-order valence-corrected chi connectivity index (χ2v) is 5.74. The van der Waals surface area contributed by atoms with E-state index in [0.29, 0.717) is 6.42 Å². The number of esters is 2. The Morgan fingerprint density at radius 2 is 1.86 bits per heavy atom. The van der Waals surface area contributed by atoms with E-state index < -0.39 is 32.5 Å². The average Bonchev–Trinajstić information content (AvgIpc) is 2.47. The molecule has 0 amide bonds. The highest BCUT2D eigenvalue weighted by molar-refractivity contribution is 7.47. The summed E-state index contributed by atoms with van der Waals surface area (Å²) in [5.41, 5.74) is 5.15. The molecule has 0 rings (SSSR count). The van der Waals surface area contributed by atoms with Crippen molar-refractivity contribution in [3.8, 4) is 0 Å². The molecule has 0 aliphatic rings. The Labute approximate surface area is 129 Å². The van der Waals surface area contributed by atoms with Gasteiger partial charge in [0.2, 0.25) is 0 Å². The van der Waals surface area contributed by atoms with Gasteiger partial charge in [0.1, 0.15) is 6.61 Å². The molecule has 3 N–H and O–H groups in total. The molecular weight excluding hydrogens is 317 g/mol. The second kappa shape index (κ2) is 11.6. The van der Waals surface area contributed by atoms with Gasteiger partial charge < -0.3 is 20.1 Å². The Hall–Kier alpha value is -0.990. The van der Waals surface area contributed by atoms with Gasteiger partial charge in [-0.25, -0.2) is 4.57 Å². The van der Waals surface area contributed by atoms with Crippen molar-refractivity contribution in [2.24, 2.45) is 5.73 Å². The fraction of sp³-hybridized carbons (Fsp3) is 0.833. The molecule has 0 spiro atoms. The standard InChI is InChI=1S/C12H24NO8P/c1-3-5-12(15)21-10(8-18-11(14)4-2)9-20-22(16,17)19-7-6-13/h10H,3-9,13H2,1-2H3,(H,16,17)/t10-/m0/s1. The number of hydrogen-bond acceptors (Lipinski definition) is 8. The van der Waals surface area contributed by atoms with Crippen LogP contribution in [0.3, 0.4) is 0 Å². The summed E-state index contributed by atoms with van der Waals surface area (Å²) in [5.74, 6) is -0.998. The first-order valence-corrected chi connectivity index (χ1v) is 8.51. The highest BCUT2D eigenvalue weighted by Gasteiger charge is 2.25. The Bertz CT molecular complexity index is 389. The summed E-state index contributed by atoms with van der Waals surface area (Å²) >= 11 is 0. The zero-order valence-electron chi connectivity index (χ0n) is 12.9. The Kier molecular flexibility index (Phi) is 11.0. The zero-order chi connectivity index (χ0) is 17.0. The minimum absolute atomic E-state index is 0.0525. The summed E-state index contributed by atoms with van der Waals surface area (Å²) in [6.07, 6.45) is -0.0662. The van der Waals surface area contributed by atoms with Gasteiger partial charge in [-0.05, 0) is 6.42 Å². The molecule has 0 heterocycles. The molecule has 0 aliphatic carbocycles. The smallest absolute Gasteiger partial charge is 0.462 e. The number of hydrogen-bond donors (Lipinski definition) is 2. The molecule has 0 bridgehead atoms. The van der Waals surface area contributed by atoms with Crippen LogP contribution in [-0.2, 0) is 32.7 Å². The lowest BCUT2D eigenvalue weighted by Gasteiger charge is -2.19. The fourth-order valence-electron chi connectivity index (χ4n) is 1.24. The molecule has 0 fully saturated rings. The number of carbonyl (C=O) groups excluding carboxylic acids is 2. The van der Waals surface area contributed by atoms with Crippen LogP contribution in [0.4, 0.5) is 0 Å². The van der Waals surface area contributed by atoms with E-state index in [2.05, 4.69) is 4.52 Å². The number of phosphoric acid groups is 1. The highest BCUT2D eigenvalue weighted by Crippen LogP contribution is 2.43. The second-order valence-electron chi connectivity index (χ2n) is 4.28. The summed E-state index contributed by atoms with van der Waals surface area (Å²) in [6, 6.07) is 0. The van der Waals surface area contributed by atoms with E-state index in [1.54, 1.807) is 13.8 Å². The van der Waals surface area contributed by atoms with Crippen LogP contribution in [0.1, 0.15) is 33.1 Å². The molecule has 0 aromatic rings. The maximum Gasteiger partial charge on any atom is 0.472 e. The third kappa shape index (κ3) is 10.7. The Morgan fingerprint density at radius 1 is 1.18 bits per heavy atom. The van der Waals surface area contributed by atoms with Crippen molar-refractivity contribution in [1.82, 2.24) is 0 Å². The lowest BCUT2D eigenvalue weighted by atomic mass is 10.3. The molecule has 22 heavy (non-hydrogen) atoms. The third-order valence-electron chi connectivity index (χ3n) is 2.27. The molecule has 0 saturated carbocycles. The maximum absolute atomic E-state index is 11.5. The number of phosphoric ester groups is 1. The minimum atomic E-state index is -4.29. The van der Waals surface area contributed by atoms with Crippen LogP contribution in [-0.4, -0.2) is 49.3 Å². The molecule has 0 aromatic heterocycles. The molecule has 9 nitrogen and oxygen atoms in total. The first-order chi connectivity index (χ1) is 10.3. The topological polar surface area (TPSA) is 134 Å². The van der Waals surface area contributed by atoms with Crippen LogP contribution in [0.25, 0.3) is 0 Å². The Morgan fingerprint density at radius 3 is 2.41 bits per heavy atom. The third-order valence-corrected chi connectivity index (χ3v) is 3.25. The van der Waals surface area contributed by atoms with Gasteiger partial charge in [-0.15, -0.1) is 0 Å². The van der Waals surface area contributed by atoms with Gasteiger partial charge in [0.05, 0.1) is 13.2 Å². The van der Waals surface area contributed by atoms with Crippen molar-refractivity contribution in [1.29, 1.82) is 0 Å². The molecule has 0 aliphatic heterocycles. The van der Waals surface area contributed by atoms with E-state index in [9.17, 15) is 19.0 Å². The van der Waals surface area contributed by atoms with E-state index in [1.165, 1.54) is 0 Å². The van der Waals surface area contributed by atoms with Crippen molar-refractivity contribution < 1.29 is 37.6 Å². The van der Waals surface area contributed by atoms with E-state index in [1.807, 2.05) is 0 Å². The maximum atomic E-state index is 11.5. The number of nitrogens with two attached hydrogens (primary N) is 1. The number of rotatable bonds is 12. The van der Waals surface area contributed by atoms with E-state index in [4.69, 9.17) is 19.7 Å².